The topological polar surface area (TPSA) is 21.3 Å². The van der Waals surface area contributed by atoms with Crippen LogP contribution < -0.4 is 5.32 Å². The molecule has 1 heterocycles. The molecule has 0 amide bonds. The van der Waals surface area contributed by atoms with E-state index in [0.29, 0.717) is 17.9 Å². The van der Waals surface area contributed by atoms with Crippen LogP contribution in [0.1, 0.15) is 30.7 Å². The van der Waals surface area contributed by atoms with E-state index in [1.807, 2.05) is 12.1 Å². The lowest BCUT2D eigenvalue weighted by Gasteiger charge is -2.37. The molecule has 98 valence electrons. The lowest BCUT2D eigenvalue weighted by atomic mass is 9.75. The maximum atomic E-state index is 13.6. The van der Waals surface area contributed by atoms with Crippen molar-refractivity contribution >= 4 is 0 Å². The molecule has 1 aromatic carbocycles. The molecule has 2 fully saturated rings. The van der Waals surface area contributed by atoms with Crippen LogP contribution in [0, 0.1) is 11.7 Å². The van der Waals surface area contributed by atoms with Crippen molar-refractivity contribution in [2.75, 3.05) is 19.8 Å². The Morgan fingerprint density at radius 3 is 2.83 bits per heavy atom. The SMILES string of the molecule is Fc1ccccc1C1CC(NCC2CCOC2)C1. The molecule has 1 saturated carbocycles. The van der Waals surface area contributed by atoms with E-state index in [-0.39, 0.29) is 5.82 Å². The molecule has 1 saturated heterocycles. The molecule has 2 aliphatic rings. The van der Waals surface area contributed by atoms with Crippen LogP contribution in [0.2, 0.25) is 0 Å². The van der Waals surface area contributed by atoms with Gasteiger partial charge in [0.25, 0.3) is 0 Å². The lowest BCUT2D eigenvalue weighted by molar-refractivity contribution is 0.181. The summed E-state index contributed by atoms with van der Waals surface area (Å²) in [4.78, 5) is 0. The van der Waals surface area contributed by atoms with Gasteiger partial charge in [-0.3, -0.25) is 0 Å². The normalized spacial score (nSPS) is 31.3. The van der Waals surface area contributed by atoms with Crippen molar-refractivity contribution in [2.45, 2.75) is 31.2 Å². The highest BCUT2D eigenvalue weighted by molar-refractivity contribution is 5.24. The van der Waals surface area contributed by atoms with Crippen LogP contribution in [-0.4, -0.2) is 25.8 Å². The van der Waals surface area contributed by atoms with Gasteiger partial charge >= 0.3 is 0 Å². The Kier molecular flexibility index (Phi) is 3.62. The van der Waals surface area contributed by atoms with Gasteiger partial charge in [-0.05, 0) is 42.7 Å². The number of halogens is 1. The van der Waals surface area contributed by atoms with Gasteiger partial charge in [0.2, 0.25) is 0 Å². The second kappa shape index (κ2) is 5.37. The van der Waals surface area contributed by atoms with E-state index in [1.165, 1.54) is 6.42 Å². The van der Waals surface area contributed by atoms with Gasteiger partial charge in [0.1, 0.15) is 5.82 Å². The van der Waals surface area contributed by atoms with E-state index in [9.17, 15) is 4.39 Å². The Hall–Kier alpha value is -0.930. The third-order valence-corrected chi connectivity index (χ3v) is 4.20. The molecule has 2 nitrogen and oxygen atoms in total. The van der Waals surface area contributed by atoms with E-state index in [1.54, 1.807) is 12.1 Å². The molecule has 1 aromatic rings. The molecule has 1 unspecified atom stereocenters. The summed E-state index contributed by atoms with van der Waals surface area (Å²) in [5.74, 6) is 1.03. The molecule has 0 spiro atoms. The highest BCUT2D eigenvalue weighted by Crippen LogP contribution is 2.38. The molecule has 3 heteroatoms. The second-order valence-electron chi connectivity index (χ2n) is 5.52. The number of hydrogen-bond donors (Lipinski definition) is 1. The van der Waals surface area contributed by atoms with Gasteiger partial charge in [-0.2, -0.15) is 0 Å². The summed E-state index contributed by atoms with van der Waals surface area (Å²) in [6.07, 6.45) is 3.31. The third kappa shape index (κ3) is 2.57. The van der Waals surface area contributed by atoms with Crippen molar-refractivity contribution in [3.8, 4) is 0 Å². The van der Waals surface area contributed by atoms with Crippen molar-refractivity contribution < 1.29 is 9.13 Å². The first kappa shape index (κ1) is 12.1. The molecule has 0 radical (unpaired) electrons. The van der Waals surface area contributed by atoms with Crippen LogP contribution in [0.3, 0.4) is 0 Å². The summed E-state index contributed by atoms with van der Waals surface area (Å²) < 4.78 is 18.9. The second-order valence-corrected chi connectivity index (χ2v) is 5.52. The number of benzene rings is 1. The van der Waals surface area contributed by atoms with Crippen LogP contribution in [0.25, 0.3) is 0 Å². The van der Waals surface area contributed by atoms with E-state index in [2.05, 4.69) is 5.32 Å². The largest absolute Gasteiger partial charge is 0.381 e. The Labute approximate surface area is 108 Å². The molecular formula is C15H20FNO. The maximum Gasteiger partial charge on any atom is 0.126 e. The van der Waals surface area contributed by atoms with E-state index in [0.717, 1.165) is 38.2 Å². The first-order chi connectivity index (χ1) is 8.83. The van der Waals surface area contributed by atoms with Crippen molar-refractivity contribution in [1.82, 2.24) is 5.32 Å². The maximum absolute atomic E-state index is 13.6. The van der Waals surface area contributed by atoms with Gasteiger partial charge in [0.05, 0.1) is 6.61 Å². The minimum atomic E-state index is -0.0508. The Morgan fingerprint density at radius 1 is 1.28 bits per heavy atom. The van der Waals surface area contributed by atoms with E-state index >= 15 is 0 Å². The molecular weight excluding hydrogens is 229 g/mol. The Balaban J connectivity index is 1.44. The zero-order valence-corrected chi connectivity index (χ0v) is 10.6. The monoisotopic (exact) mass is 249 g/mol. The van der Waals surface area contributed by atoms with Crippen molar-refractivity contribution in [2.24, 2.45) is 5.92 Å². The molecule has 1 aliphatic carbocycles. The van der Waals surface area contributed by atoms with E-state index in [4.69, 9.17) is 4.74 Å². The fraction of sp³-hybridized carbons (Fsp3) is 0.600. The zero-order chi connectivity index (χ0) is 12.4. The number of nitrogens with one attached hydrogen (secondary N) is 1. The van der Waals surface area contributed by atoms with Crippen LogP contribution in [-0.2, 0) is 4.74 Å². The average molecular weight is 249 g/mol. The fourth-order valence-electron chi connectivity index (χ4n) is 2.92. The summed E-state index contributed by atoms with van der Waals surface area (Å²) in [6.45, 7) is 2.86. The molecule has 1 N–H and O–H groups in total. The van der Waals surface area contributed by atoms with Gasteiger partial charge in [-0.15, -0.1) is 0 Å². The Bertz CT molecular complexity index is 397. The highest BCUT2D eigenvalue weighted by Gasteiger charge is 2.32. The van der Waals surface area contributed by atoms with Crippen LogP contribution in [0.15, 0.2) is 24.3 Å². The van der Waals surface area contributed by atoms with Gasteiger partial charge in [0.15, 0.2) is 0 Å². The summed E-state index contributed by atoms with van der Waals surface area (Å²) in [6, 6.07) is 7.73. The molecule has 1 aliphatic heterocycles. The predicted octanol–water partition coefficient (Wildman–Crippen LogP) is 2.70. The lowest BCUT2D eigenvalue weighted by Crippen LogP contribution is -2.42. The summed E-state index contributed by atoms with van der Waals surface area (Å²) >= 11 is 0. The van der Waals surface area contributed by atoms with Crippen LogP contribution >= 0.6 is 0 Å². The Morgan fingerprint density at radius 2 is 2.11 bits per heavy atom. The minimum absolute atomic E-state index is 0.0508. The summed E-state index contributed by atoms with van der Waals surface area (Å²) in [5.41, 5.74) is 0.889. The molecule has 18 heavy (non-hydrogen) atoms. The van der Waals surface area contributed by atoms with Crippen LogP contribution in [0.4, 0.5) is 4.39 Å². The molecule has 0 aromatic heterocycles. The van der Waals surface area contributed by atoms with E-state index < -0.39 is 0 Å². The third-order valence-electron chi connectivity index (χ3n) is 4.20. The van der Waals surface area contributed by atoms with Gasteiger partial charge in [0, 0.05) is 19.2 Å². The first-order valence-electron chi connectivity index (χ1n) is 6.88. The van der Waals surface area contributed by atoms with Gasteiger partial charge < -0.3 is 10.1 Å². The highest BCUT2D eigenvalue weighted by atomic mass is 19.1. The molecule has 1 atom stereocenters. The number of hydrogen-bond acceptors (Lipinski definition) is 2. The molecule has 3 rings (SSSR count). The van der Waals surface area contributed by atoms with Gasteiger partial charge in [-0.1, -0.05) is 18.2 Å². The first-order valence-corrected chi connectivity index (χ1v) is 6.88. The number of rotatable bonds is 4. The number of ether oxygens (including phenoxy) is 1. The summed E-state index contributed by atoms with van der Waals surface area (Å²) in [7, 11) is 0. The predicted molar refractivity (Wildman–Crippen MR) is 69.1 cm³/mol. The fourth-order valence-corrected chi connectivity index (χ4v) is 2.92. The standard InChI is InChI=1S/C15H20FNO/c16-15-4-2-1-3-14(15)12-7-13(8-12)17-9-11-5-6-18-10-11/h1-4,11-13,17H,5-10H2. The average Bonchev–Trinajstić information content (AvgIpc) is 2.82. The molecule has 0 bridgehead atoms. The van der Waals surface area contributed by atoms with Gasteiger partial charge in [-0.25, -0.2) is 4.39 Å². The quantitative estimate of drug-likeness (QED) is 0.886. The van der Waals surface area contributed by atoms with Crippen LogP contribution in [0.5, 0.6) is 0 Å². The van der Waals surface area contributed by atoms with Crippen molar-refractivity contribution in [3.05, 3.63) is 35.6 Å². The summed E-state index contributed by atoms with van der Waals surface area (Å²) in [5, 5.41) is 3.58. The zero-order valence-electron chi connectivity index (χ0n) is 10.6. The van der Waals surface area contributed by atoms with Crippen molar-refractivity contribution in [3.63, 3.8) is 0 Å². The van der Waals surface area contributed by atoms with Crippen molar-refractivity contribution in [1.29, 1.82) is 0 Å². The smallest absolute Gasteiger partial charge is 0.126 e. The minimum Gasteiger partial charge on any atom is -0.381 e.